The van der Waals surface area contributed by atoms with E-state index in [2.05, 4.69) is 0 Å². The van der Waals surface area contributed by atoms with Gasteiger partial charge >= 0.3 is 5.97 Å². The van der Waals surface area contributed by atoms with Crippen LogP contribution < -0.4 is 0 Å². The van der Waals surface area contributed by atoms with Gasteiger partial charge in [-0.3, -0.25) is 14.5 Å². The van der Waals surface area contributed by atoms with Crippen molar-refractivity contribution in [3.8, 4) is 0 Å². The van der Waals surface area contributed by atoms with Crippen LogP contribution in [0.3, 0.4) is 0 Å². The molecular formula is C22H17NO5. The van der Waals surface area contributed by atoms with Gasteiger partial charge in [-0.1, -0.05) is 29.8 Å². The molecule has 0 saturated carbocycles. The first-order valence-corrected chi connectivity index (χ1v) is 8.78. The van der Waals surface area contributed by atoms with Gasteiger partial charge in [0, 0.05) is 0 Å². The number of amides is 2. The highest BCUT2D eigenvalue weighted by Crippen LogP contribution is 2.26. The second-order valence-corrected chi connectivity index (χ2v) is 6.60. The molecule has 140 valence electrons. The molecule has 0 saturated heterocycles. The minimum absolute atomic E-state index is 0.0482. The van der Waals surface area contributed by atoms with E-state index in [0.29, 0.717) is 5.76 Å². The van der Waals surface area contributed by atoms with Crippen LogP contribution in [0.15, 0.2) is 65.3 Å². The third-order valence-electron chi connectivity index (χ3n) is 4.59. The Hall–Kier alpha value is -3.67. The van der Waals surface area contributed by atoms with Crippen LogP contribution in [-0.4, -0.2) is 22.7 Å². The molecule has 3 aromatic rings. The Morgan fingerprint density at radius 1 is 1.00 bits per heavy atom. The summed E-state index contributed by atoms with van der Waals surface area (Å²) in [6, 6.07) is 15.4. The standard InChI is InChI=1S/C22H17NO5/c1-14-4-6-15(7-5-14)13-28-22(26)16-8-9-18-19(11-16)21(25)23(20(18)24)12-17-3-2-10-27-17/h2-11H,12-13H2,1H3. The van der Waals surface area contributed by atoms with E-state index >= 15 is 0 Å². The molecule has 28 heavy (non-hydrogen) atoms. The molecule has 0 atom stereocenters. The molecule has 0 unspecified atom stereocenters. The summed E-state index contributed by atoms with van der Waals surface area (Å²) in [7, 11) is 0. The smallest absolute Gasteiger partial charge is 0.338 e. The number of fused-ring (bicyclic) bond motifs is 1. The van der Waals surface area contributed by atoms with Crippen LogP contribution in [0.25, 0.3) is 0 Å². The Balaban J connectivity index is 1.49. The minimum Gasteiger partial charge on any atom is -0.467 e. The number of ether oxygens (including phenoxy) is 1. The number of carbonyl (C=O) groups is 3. The number of furan rings is 1. The number of imide groups is 1. The van der Waals surface area contributed by atoms with E-state index in [1.54, 1.807) is 12.1 Å². The van der Waals surface area contributed by atoms with Crippen molar-refractivity contribution < 1.29 is 23.5 Å². The average molecular weight is 375 g/mol. The maximum atomic E-state index is 12.6. The largest absolute Gasteiger partial charge is 0.467 e. The van der Waals surface area contributed by atoms with Crippen molar-refractivity contribution in [3.63, 3.8) is 0 Å². The van der Waals surface area contributed by atoms with Gasteiger partial charge in [-0.25, -0.2) is 4.79 Å². The van der Waals surface area contributed by atoms with E-state index in [0.717, 1.165) is 16.0 Å². The molecule has 1 aromatic heterocycles. The Bertz CT molecular complexity index is 1050. The summed E-state index contributed by atoms with van der Waals surface area (Å²) in [6.45, 7) is 2.16. The molecule has 2 heterocycles. The molecule has 0 N–H and O–H groups in total. The molecule has 6 nitrogen and oxygen atoms in total. The number of hydrogen-bond acceptors (Lipinski definition) is 5. The number of hydrogen-bond donors (Lipinski definition) is 0. The van der Waals surface area contributed by atoms with E-state index in [1.165, 1.54) is 24.5 Å². The van der Waals surface area contributed by atoms with Crippen molar-refractivity contribution >= 4 is 17.8 Å². The van der Waals surface area contributed by atoms with Crippen molar-refractivity contribution in [2.24, 2.45) is 0 Å². The predicted octanol–water partition coefficient (Wildman–Crippen LogP) is 3.74. The summed E-state index contributed by atoms with van der Waals surface area (Å²) in [5.41, 5.74) is 2.69. The van der Waals surface area contributed by atoms with E-state index in [4.69, 9.17) is 9.15 Å². The van der Waals surface area contributed by atoms with Gasteiger partial charge in [-0.15, -0.1) is 0 Å². The van der Waals surface area contributed by atoms with Crippen molar-refractivity contribution in [1.82, 2.24) is 4.90 Å². The van der Waals surface area contributed by atoms with Crippen LogP contribution in [0.2, 0.25) is 0 Å². The maximum Gasteiger partial charge on any atom is 0.338 e. The van der Waals surface area contributed by atoms with Crippen LogP contribution >= 0.6 is 0 Å². The van der Waals surface area contributed by atoms with Crippen LogP contribution in [0, 0.1) is 6.92 Å². The van der Waals surface area contributed by atoms with E-state index in [-0.39, 0.29) is 29.8 Å². The fourth-order valence-electron chi connectivity index (χ4n) is 3.04. The third kappa shape index (κ3) is 3.32. The van der Waals surface area contributed by atoms with Gasteiger partial charge in [0.2, 0.25) is 0 Å². The summed E-state index contributed by atoms with van der Waals surface area (Å²) in [6.07, 6.45) is 1.48. The van der Waals surface area contributed by atoms with Gasteiger partial charge in [-0.05, 0) is 42.8 Å². The number of carbonyl (C=O) groups excluding carboxylic acids is 3. The Kier molecular flexibility index (Phi) is 4.53. The van der Waals surface area contributed by atoms with E-state index in [9.17, 15) is 14.4 Å². The van der Waals surface area contributed by atoms with Crippen molar-refractivity contribution in [3.05, 3.63) is 94.4 Å². The molecule has 0 radical (unpaired) electrons. The number of nitrogens with zero attached hydrogens (tertiary/aromatic N) is 1. The predicted molar refractivity (Wildman–Crippen MR) is 99.7 cm³/mol. The van der Waals surface area contributed by atoms with E-state index in [1.807, 2.05) is 31.2 Å². The second-order valence-electron chi connectivity index (χ2n) is 6.60. The summed E-state index contributed by atoms with van der Waals surface area (Å²) in [5, 5.41) is 0. The maximum absolute atomic E-state index is 12.6. The Morgan fingerprint density at radius 3 is 2.46 bits per heavy atom. The van der Waals surface area contributed by atoms with Gasteiger partial charge in [-0.2, -0.15) is 0 Å². The molecule has 2 aromatic carbocycles. The molecule has 1 aliphatic rings. The lowest BCUT2D eigenvalue weighted by molar-refractivity contribution is 0.0472. The number of aryl methyl sites for hydroxylation is 1. The van der Waals surface area contributed by atoms with Gasteiger partial charge in [0.25, 0.3) is 11.8 Å². The lowest BCUT2D eigenvalue weighted by Gasteiger charge is -2.11. The molecule has 1 aliphatic heterocycles. The normalized spacial score (nSPS) is 13.0. The zero-order chi connectivity index (χ0) is 19.7. The number of rotatable bonds is 5. The van der Waals surface area contributed by atoms with Crippen LogP contribution in [0.4, 0.5) is 0 Å². The van der Waals surface area contributed by atoms with Crippen molar-refractivity contribution in [1.29, 1.82) is 0 Å². The van der Waals surface area contributed by atoms with Gasteiger partial charge in [0.1, 0.15) is 12.4 Å². The van der Waals surface area contributed by atoms with E-state index < -0.39 is 17.8 Å². The molecule has 0 bridgehead atoms. The van der Waals surface area contributed by atoms with Gasteiger partial charge in [0.15, 0.2) is 0 Å². The molecular weight excluding hydrogens is 358 g/mol. The minimum atomic E-state index is -0.548. The number of benzene rings is 2. The monoisotopic (exact) mass is 375 g/mol. The zero-order valence-electron chi connectivity index (χ0n) is 15.2. The summed E-state index contributed by atoms with van der Waals surface area (Å²) in [4.78, 5) is 38.6. The van der Waals surface area contributed by atoms with Crippen LogP contribution in [0.1, 0.15) is 48.0 Å². The first-order valence-electron chi connectivity index (χ1n) is 8.78. The van der Waals surface area contributed by atoms with Gasteiger partial charge < -0.3 is 9.15 Å². The highest BCUT2D eigenvalue weighted by atomic mass is 16.5. The zero-order valence-corrected chi connectivity index (χ0v) is 15.2. The molecule has 6 heteroatoms. The second kappa shape index (κ2) is 7.15. The summed E-state index contributed by atoms with van der Waals surface area (Å²) >= 11 is 0. The van der Waals surface area contributed by atoms with Crippen LogP contribution in [0.5, 0.6) is 0 Å². The van der Waals surface area contributed by atoms with Crippen LogP contribution in [-0.2, 0) is 17.9 Å². The van der Waals surface area contributed by atoms with Gasteiger partial charge in [0.05, 0.1) is 29.5 Å². The van der Waals surface area contributed by atoms with Crippen molar-refractivity contribution in [2.45, 2.75) is 20.1 Å². The topological polar surface area (TPSA) is 76.8 Å². The molecule has 0 fully saturated rings. The SMILES string of the molecule is Cc1ccc(COC(=O)c2ccc3c(c2)C(=O)N(Cc2ccco2)C3=O)cc1. The fraction of sp³-hybridized carbons (Fsp3) is 0.136. The average Bonchev–Trinajstić information content (AvgIpc) is 3.30. The highest BCUT2D eigenvalue weighted by Gasteiger charge is 2.36. The first kappa shape index (κ1) is 17.7. The Labute approximate surface area is 161 Å². The highest BCUT2D eigenvalue weighted by molar-refractivity contribution is 6.21. The number of esters is 1. The lowest BCUT2D eigenvalue weighted by Crippen LogP contribution is -2.28. The summed E-state index contributed by atoms with van der Waals surface area (Å²) in [5.74, 6) is -0.902. The molecule has 0 spiro atoms. The summed E-state index contributed by atoms with van der Waals surface area (Å²) < 4.78 is 10.5. The molecule has 2 amide bonds. The van der Waals surface area contributed by atoms with Crippen molar-refractivity contribution in [2.75, 3.05) is 0 Å². The first-order chi connectivity index (χ1) is 13.5. The Morgan fingerprint density at radius 2 is 1.75 bits per heavy atom. The fourth-order valence-corrected chi connectivity index (χ4v) is 3.04. The molecule has 4 rings (SSSR count). The molecule has 0 aliphatic carbocycles. The lowest BCUT2D eigenvalue weighted by atomic mass is 10.1. The third-order valence-corrected chi connectivity index (χ3v) is 4.59. The quantitative estimate of drug-likeness (QED) is 0.501.